The van der Waals surface area contributed by atoms with E-state index < -0.39 is 0 Å². The van der Waals surface area contributed by atoms with Crippen LogP contribution in [0.4, 0.5) is 0 Å². The Labute approximate surface area is 54.6 Å². The van der Waals surface area contributed by atoms with Gasteiger partial charge in [0.1, 0.15) is 0 Å². The maximum atomic E-state index is 10.6. The van der Waals surface area contributed by atoms with Crippen LogP contribution in [-0.4, -0.2) is 19.0 Å². The molecule has 3 heteroatoms. The van der Waals surface area contributed by atoms with E-state index in [2.05, 4.69) is 5.32 Å². The van der Waals surface area contributed by atoms with Gasteiger partial charge in [0.05, 0.1) is 0 Å². The summed E-state index contributed by atoms with van der Waals surface area (Å²) in [6.07, 6.45) is 1.62. The molecule has 0 aromatic carbocycles. The highest BCUT2D eigenvalue weighted by Crippen LogP contribution is 2.07. The average molecular weight is 128 g/mol. The van der Waals surface area contributed by atoms with Gasteiger partial charge in [0.25, 0.3) is 0 Å². The standard InChI is InChI=1S/C6H12N2O/c7-3-5-1-2-6(9)8-4-5/h5H,1-4,7H2,(H,8,9)/t5-/m0/s1. The van der Waals surface area contributed by atoms with Crippen LogP contribution in [0.25, 0.3) is 0 Å². The summed E-state index contributed by atoms with van der Waals surface area (Å²) in [6, 6.07) is 0. The van der Waals surface area contributed by atoms with Gasteiger partial charge in [-0.3, -0.25) is 4.79 Å². The summed E-state index contributed by atoms with van der Waals surface area (Å²) in [5.74, 6) is 0.683. The quantitative estimate of drug-likeness (QED) is 0.499. The van der Waals surface area contributed by atoms with E-state index in [-0.39, 0.29) is 5.91 Å². The lowest BCUT2D eigenvalue weighted by Gasteiger charge is -2.19. The molecule has 1 aliphatic rings. The number of hydrogen-bond donors (Lipinski definition) is 2. The molecule has 1 aliphatic heterocycles. The zero-order valence-corrected chi connectivity index (χ0v) is 5.39. The number of nitrogens with two attached hydrogens (primary N) is 1. The van der Waals surface area contributed by atoms with Crippen molar-refractivity contribution in [1.29, 1.82) is 0 Å². The highest BCUT2D eigenvalue weighted by atomic mass is 16.1. The lowest BCUT2D eigenvalue weighted by molar-refractivity contribution is -0.122. The highest BCUT2D eigenvalue weighted by molar-refractivity contribution is 5.76. The van der Waals surface area contributed by atoms with Crippen LogP contribution in [0.2, 0.25) is 0 Å². The van der Waals surface area contributed by atoms with Crippen LogP contribution < -0.4 is 11.1 Å². The molecule has 1 rings (SSSR count). The van der Waals surface area contributed by atoms with E-state index in [0.717, 1.165) is 13.0 Å². The lowest BCUT2D eigenvalue weighted by Crippen LogP contribution is -2.37. The Kier molecular flexibility index (Phi) is 2.05. The van der Waals surface area contributed by atoms with Gasteiger partial charge in [0.2, 0.25) is 5.91 Å². The first-order valence-electron chi connectivity index (χ1n) is 3.29. The fraction of sp³-hybridized carbons (Fsp3) is 0.833. The molecule has 1 atom stereocenters. The van der Waals surface area contributed by atoms with Crippen LogP contribution in [0.5, 0.6) is 0 Å². The van der Waals surface area contributed by atoms with Crippen LogP contribution >= 0.6 is 0 Å². The number of nitrogens with one attached hydrogen (secondary N) is 1. The first kappa shape index (κ1) is 6.55. The molecule has 0 unspecified atom stereocenters. The first-order valence-corrected chi connectivity index (χ1v) is 3.29. The van der Waals surface area contributed by atoms with Gasteiger partial charge in [-0.25, -0.2) is 0 Å². The topological polar surface area (TPSA) is 55.1 Å². The van der Waals surface area contributed by atoms with Crippen molar-refractivity contribution in [3.05, 3.63) is 0 Å². The predicted molar refractivity (Wildman–Crippen MR) is 34.8 cm³/mol. The van der Waals surface area contributed by atoms with E-state index in [9.17, 15) is 4.79 Å². The Balaban J connectivity index is 2.26. The van der Waals surface area contributed by atoms with Crippen LogP contribution in [-0.2, 0) is 4.79 Å². The van der Waals surface area contributed by atoms with Crippen molar-refractivity contribution in [2.24, 2.45) is 11.7 Å². The van der Waals surface area contributed by atoms with Crippen LogP contribution in [0.1, 0.15) is 12.8 Å². The Morgan fingerprint density at radius 1 is 1.78 bits per heavy atom. The molecule has 1 fully saturated rings. The van der Waals surface area contributed by atoms with Crippen molar-refractivity contribution >= 4 is 5.91 Å². The molecular formula is C6H12N2O. The monoisotopic (exact) mass is 128 g/mol. The summed E-state index contributed by atoms with van der Waals surface area (Å²) in [6.45, 7) is 1.47. The average Bonchev–Trinajstić information content (AvgIpc) is 1.90. The lowest BCUT2D eigenvalue weighted by atomic mass is 10.00. The van der Waals surface area contributed by atoms with Gasteiger partial charge in [0.15, 0.2) is 0 Å². The molecule has 0 aromatic heterocycles. The van der Waals surface area contributed by atoms with Crippen molar-refractivity contribution in [3.8, 4) is 0 Å². The van der Waals surface area contributed by atoms with E-state index in [1.54, 1.807) is 0 Å². The van der Waals surface area contributed by atoms with E-state index in [0.29, 0.717) is 18.9 Å². The summed E-state index contributed by atoms with van der Waals surface area (Å²) in [7, 11) is 0. The Hall–Kier alpha value is -0.570. The Morgan fingerprint density at radius 3 is 3.00 bits per heavy atom. The first-order chi connectivity index (χ1) is 4.33. The van der Waals surface area contributed by atoms with Crippen LogP contribution in [0.3, 0.4) is 0 Å². The van der Waals surface area contributed by atoms with Crippen molar-refractivity contribution in [3.63, 3.8) is 0 Å². The normalized spacial score (nSPS) is 27.7. The number of rotatable bonds is 1. The number of carbonyl (C=O) groups excluding carboxylic acids is 1. The van der Waals surface area contributed by atoms with Crippen LogP contribution in [0.15, 0.2) is 0 Å². The van der Waals surface area contributed by atoms with Crippen molar-refractivity contribution in [1.82, 2.24) is 5.32 Å². The highest BCUT2D eigenvalue weighted by Gasteiger charge is 2.15. The molecular weight excluding hydrogens is 116 g/mol. The molecule has 0 spiro atoms. The zero-order chi connectivity index (χ0) is 6.69. The second-order valence-corrected chi connectivity index (χ2v) is 2.44. The van der Waals surface area contributed by atoms with Gasteiger partial charge in [-0.2, -0.15) is 0 Å². The van der Waals surface area contributed by atoms with Gasteiger partial charge in [0, 0.05) is 13.0 Å². The van der Waals surface area contributed by atoms with E-state index >= 15 is 0 Å². The summed E-state index contributed by atoms with van der Waals surface area (Å²) in [5, 5.41) is 2.76. The SMILES string of the molecule is NC[C@@H]1CCC(=O)NC1. The molecule has 0 radical (unpaired) electrons. The zero-order valence-electron chi connectivity index (χ0n) is 5.39. The molecule has 0 bridgehead atoms. The second-order valence-electron chi connectivity index (χ2n) is 2.44. The smallest absolute Gasteiger partial charge is 0.220 e. The second kappa shape index (κ2) is 2.82. The maximum Gasteiger partial charge on any atom is 0.220 e. The van der Waals surface area contributed by atoms with Crippen LogP contribution in [0, 0.1) is 5.92 Å². The fourth-order valence-electron chi connectivity index (χ4n) is 0.985. The molecule has 3 N–H and O–H groups in total. The van der Waals surface area contributed by atoms with Crippen molar-refractivity contribution in [2.45, 2.75) is 12.8 Å². The van der Waals surface area contributed by atoms with Gasteiger partial charge in [-0.15, -0.1) is 0 Å². The summed E-state index contributed by atoms with van der Waals surface area (Å²) < 4.78 is 0. The number of hydrogen-bond acceptors (Lipinski definition) is 2. The van der Waals surface area contributed by atoms with Crippen molar-refractivity contribution in [2.75, 3.05) is 13.1 Å². The summed E-state index contributed by atoms with van der Waals surface area (Å²) in [5.41, 5.74) is 5.40. The fourth-order valence-corrected chi connectivity index (χ4v) is 0.985. The molecule has 0 saturated carbocycles. The largest absolute Gasteiger partial charge is 0.356 e. The minimum Gasteiger partial charge on any atom is -0.356 e. The summed E-state index contributed by atoms with van der Waals surface area (Å²) >= 11 is 0. The molecule has 3 nitrogen and oxygen atoms in total. The third kappa shape index (κ3) is 1.68. The molecule has 9 heavy (non-hydrogen) atoms. The van der Waals surface area contributed by atoms with E-state index in [4.69, 9.17) is 5.73 Å². The van der Waals surface area contributed by atoms with Gasteiger partial charge in [-0.1, -0.05) is 0 Å². The molecule has 0 aromatic rings. The minimum absolute atomic E-state index is 0.166. The van der Waals surface area contributed by atoms with Gasteiger partial charge in [-0.05, 0) is 18.9 Å². The van der Waals surface area contributed by atoms with Gasteiger partial charge >= 0.3 is 0 Å². The maximum absolute atomic E-state index is 10.6. The van der Waals surface area contributed by atoms with Gasteiger partial charge < -0.3 is 11.1 Å². The Morgan fingerprint density at radius 2 is 2.56 bits per heavy atom. The molecule has 1 heterocycles. The molecule has 0 aliphatic carbocycles. The summed E-state index contributed by atoms with van der Waals surface area (Å²) in [4.78, 5) is 10.6. The Bertz CT molecular complexity index is 104. The molecule has 1 saturated heterocycles. The van der Waals surface area contributed by atoms with E-state index in [1.807, 2.05) is 0 Å². The molecule has 52 valence electrons. The van der Waals surface area contributed by atoms with Crippen molar-refractivity contribution < 1.29 is 4.79 Å². The number of carbonyl (C=O) groups is 1. The molecule has 1 amide bonds. The number of amides is 1. The predicted octanol–water partition coefficient (Wildman–Crippen LogP) is -0.529. The van der Waals surface area contributed by atoms with E-state index in [1.165, 1.54) is 0 Å². The third-order valence-electron chi connectivity index (χ3n) is 1.70. The number of piperidine rings is 1. The third-order valence-corrected chi connectivity index (χ3v) is 1.70. The minimum atomic E-state index is 0.166.